The smallest absolute Gasteiger partial charge is 0.251 e. The first-order chi connectivity index (χ1) is 10.6. The van der Waals surface area contributed by atoms with Gasteiger partial charge in [-0.15, -0.1) is 0 Å². The molecular formula is C17H22N2O3. The molecule has 1 aliphatic heterocycles. The standard InChI is InChI=1S/C17H22N2O3/c1-17(10-18,13-3-4-13)19-16(20)12-7-11-8-14(21-2)5-6-15(11)22-9-12/h5-8,13H,3-4,9-10,18H2,1-2H3,(H,19,20). The normalized spacial score (nSPS) is 19.3. The Hall–Kier alpha value is -2.01. The first kappa shape index (κ1) is 14.9. The lowest BCUT2D eigenvalue weighted by atomic mass is 9.95. The summed E-state index contributed by atoms with van der Waals surface area (Å²) in [5.74, 6) is 1.89. The van der Waals surface area contributed by atoms with Crippen molar-refractivity contribution in [3.05, 3.63) is 29.3 Å². The number of benzene rings is 1. The topological polar surface area (TPSA) is 73.6 Å². The summed E-state index contributed by atoms with van der Waals surface area (Å²) in [5, 5.41) is 3.09. The van der Waals surface area contributed by atoms with Crippen LogP contribution in [0.15, 0.2) is 23.8 Å². The summed E-state index contributed by atoms with van der Waals surface area (Å²) in [4.78, 5) is 12.5. The van der Waals surface area contributed by atoms with Gasteiger partial charge >= 0.3 is 0 Å². The zero-order chi connectivity index (χ0) is 15.7. The summed E-state index contributed by atoms with van der Waals surface area (Å²) >= 11 is 0. The van der Waals surface area contributed by atoms with Gasteiger partial charge in [0.25, 0.3) is 5.91 Å². The molecule has 5 heteroatoms. The van der Waals surface area contributed by atoms with Crippen LogP contribution in [0.25, 0.3) is 6.08 Å². The van der Waals surface area contributed by atoms with Gasteiger partial charge in [-0.3, -0.25) is 4.79 Å². The minimum atomic E-state index is -0.327. The number of nitrogens with two attached hydrogens (primary N) is 1. The predicted molar refractivity (Wildman–Crippen MR) is 84.8 cm³/mol. The van der Waals surface area contributed by atoms with E-state index in [1.54, 1.807) is 7.11 Å². The van der Waals surface area contributed by atoms with Gasteiger partial charge in [-0.1, -0.05) is 0 Å². The molecule has 1 aromatic rings. The molecule has 2 aliphatic rings. The number of amides is 1. The number of rotatable bonds is 5. The molecule has 1 atom stereocenters. The molecule has 1 amide bonds. The second-order valence-corrected chi connectivity index (χ2v) is 6.21. The van der Waals surface area contributed by atoms with Crippen LogP contribution in [0.1, 0.15) is 25.3 Å². The molecule has 1 unspecified atom stereocenters. The van der Waals surface area contributed by atoms with Crippen LogP contribution in [-0.2, 0) is 4.79 Å². The van der Waals surface area contributed by atoms with Crippen LogP contribution in [0.4, 0.5) is 0 Å². The lowest BCUT2D eigenvalue weighted by Crippen LogP contribution is -2.53. The van der Waals surface area contributed by atoms with Crippen LogP contribution >= 0.6 is 0 Å². The number of fused-ring (bicyclic) bond motifs is 1. The highest BCUT2D eigenvalue weighted by Gasteiger charge is 2.42. The van der Waals surface area contributed by atoms with Crippen molar-refractivity contribution in [2.45, 2.75) is 25.3 Å². The van der Waals surface area contributed by atoms with Crippen molar-refractivity contribution in [2.24, 2.45) is 11.7 Å². The molecule has 118 valence electrons. The van der Waals surface area contributed by atoms with Gasteiger partial charge in [0.15, 0.2) is 0 Å². The van der Waals surface area contributed by atoms with Crippen LogP contribution in [0, 0.1) is 5.92 Å². The second kappa shape index (κ2) is 5.65. The molecule has 3 rings (SSSR count). The van der Waals surface area contributed by atoms with Gasteiger partial charge in [0.2, 0.25) is 0 Å². The van der Waals surface area contributed by atoms with E-state index in [-0.39, 0.29) is 18.1 Å². The van der Waals surface area contributed by atoms with E-state index >= 15 is 0 Å². The average molecular weight is 302 g/mol. The summed E-state index contributed by atoms with van der Waals surface area (Å²) < 4.78 is 10.9. The Morgan fingerprint density at radius 3 is 2.91 bits per heavy atom. The van der Waals surface area contributed by atoms with Crippen molar-refractivity contribution >= 4 is 12.0 Å². The molecule has 0 saturated heterocycles. The summed E-state index contributed by atoms with van der Waals surface area (Å²) in [6, 6.07) is 5.56. The van der Waals surface area contributed by atoms with Crippen molar-refractivity contribution < 1.29 is 14.3 Å². The van der Waals surface area contributed by atoms with Crippen LogP contribution in [0.2, 0.25) is 0 Å². The SMILES string of the molecule is COc1ccc2c(c1)C=C(C(=O)NC(C)(CN)C1CC1)CO2. The van der Waals surface area contributed by atoms with Crippen LogP contribution < -0.4 is 20.5 Å². The lowest BCUT2D eigenvalue weighted by Gasteiger charge is -2.30. The minimum absolute atomic E-state index is 0.103. The van der Waals surface area contributed by atoms with Gasteiger partial charge in [0.05, 0.1) is 18.2 Å². The van der Waals surface area contributed by atoms with Gasteiger partial charge in [-0.2, -0.15) is 0 Å². The van der Waals surface area contributed by atoms with Crippen molar-refractivity contribution in [1.82, 2.24) is 5.32 Å². The molecule has 5 nitrogen and oxygen atoms in total. The number of hydrogen-bond donors (Lipinski definition) is 2. The van der Waals surface area contributed by atoms with Gasteiger partial charge in [-0.25, -0.2) is 0 Å². The average Bonchev–Trinajstić information content (AvgIpc) is 3.38. The van der Waals surface area contributed by atoms with Crippen molar-refractivity contribution in [1.29, 1.82) is 0 Å². The Morgan fingerprint density at radius 2 is 2.27 bits per heavy atom. The number of hydrogen-bond acceptors (Lipinski definition) is 4. The fourth-order valence-electron chi connectivity index (χ4n) is 2.79. The first-order valence-corrected chi connectivity index (χ1v) is 7.60. The third kappa shape index (κ3) is 2.81. The predicted octanol–water partition coefficient (Wildman–Crippen LogP) is 1.71. The molecule has 0 radical (unpaired) electrons. The highest BCUT2D eigenvalue weighted by atomic mass is 16.5. The Morgan fingerprint density at radius 1 is 1.50 bits per heavy atom. The summed E-state index contributed by atoms with van der Waals surface area (Å²) in [6.07, 6.45) is 4.12. The number of ether oxygens (including phenoxy) is 2. The van der Waals surface area contributed by atoms with Crippen molar-refractivity contribution in [2.75, 3.05) is 20.3 Å². The van der Waals surface area contributed by atoms with Crippen molar-refractivity contribution in [3.63, 3.8) is 0 Å². The van der Waals surface area contributed by atoms with Gasteiger partial charge in [0, 0.05) is 12.1 Å². The Kier molecular flexibility index (Phi) is 3.83. The van der Waals surface area contributed by atoms with E-state index in [1.807, 2.05) is 31.2 Å². The third-order valence-corrected chi connectivity index (χ3v) is 4.52. The molecular weight excluding hydrogens is 280 g/mol. The molecule has 1 fully saturated rings. The molecule has 3 N–H and O–H groups in total. The summed E-state index contributed by atoms with van der Waals surface area (Å²) in [5.41, 5.74) is 7.00. The molecule has 1 aromatic carbocycles. The number of methoxy groups -OCH3 is 1. The Bertz CT molecular complexity index is 622. The minimum Gasteiger partial charge on any atom is -0.497 e. The molecule has 1 heterocycles. The Balaban J connectivity index is 1.79. The fraction of sp³-hybridized carbons (Fsp3) is 0.471. The molecule has 0 bridgehead atoms. The maximum Gasteiger partial charge on any atom is 0.251 e. The first-order valence-electron chi connectivity index (χ1n) is 7.60. The molecule has 0 spiro atoms. The zero-order valence-electron chi connectivity index (χ0n) is 13.0. The van der Waals surface area contributed by atoms with Crippen molar-refractivity contribution in [3.8, 4) is 11.5 Å². The third-order valence-electron chi connectivity index (χ3n) is 4.52. The zero-order valence-corrected chi connectivity index (χ0v) is 13.0. The van der Waals surface area contributed by atoms with E-state index in [0.29, 0.717) is 18.0 Å². The van der Waals surface area contributed by atoms with Crippen LogP contribution in [-0.4, -0.2) is 31.7 Å². The summed E-state index contributed by atoms with van der Waals surface area (Å²) in [7, 11) is 1.62. The highest BCUT2D eigenvalue weighted by molar-refractivity contribution is 5.99. The number of nitrogens with one attached hydrogen (secondary N) is 1. The molecule has 1 aliphatic carbocycles. The Labute approximate surface area is 130 Å². The molecule has 22 heavy (non-hydrogen) atoms. The van der Waals surface area contributed by atoms with Crippen LogP contribution in [0.3, 0.4) is 0 Å². The number of carbonyl (C=O) groups is 1. The monoisotopic (exact) mass is 302 g/mol. The van der Waals surface area contributed by atoms with E-state index in [2.05, 4.69) is 5.32 Å². The van der Waals surface area contributed by atoms with E-state index < -0.39 is 0 Å². The quantitative estimate of drug-likeness (QED) is 0.868. The van der Waals surface area contributed by atoms with Gasteiger partial charge in [-0.05, 0) is 50.0 Å². The maximum atomic E-state index is 12.5. The van der Waals surface area contributed by atoms with E-state index in [1.165, 1.54) is 0 Å². The largest absolute Gasteiger partial charge is 0.497 e. The van der Waals surface area contributed by atoms with Gasteiger partial charge < -0.3 is 20.5 Å². The molecule has 1 saturated carbocycles. The fourth-order valence-corrected chi connectivity index (χ4v) is 2.79. The van der Waals surface area contributed by atoms with E-state index in [0.717, 1.165) is 29.9 Å². The van der Waals surface area contributed by atoms with E-state index in [9.17, 15) is 4.79 Å². The van der Waals surface area contributed by atoms with E-state index in [4.69, 9.17) is 15.2 Å². The van der Waals surface area contributed by atoms with Crippen LogP contribution in [0.5, 0.6) is 11.5 Å². The molecule has 0 aromatic heterocycles. The lowest BCUT2D eigenvalue weighted by molar-refractivity contribution is -0.119. The van der Waals surface area contributed by atoms with Gasteiger partial charge in [0.1, 0.15) is 18.1 Å². The summed E-state index contributed by atoms with van der Waals surface area (Å²) in [6.45, 7) is 2.74. The number of carbonyl (C=O) groups excluding carboxylic acids is 1. The highest BCUT2D eigenvalue weighted by Crippen LogP contribution is 2.39. The second-order valence-electron chi connectivity index (χ2n) is 6.21. The maximum absolute atomic E-state index is 12.5.